The zero-order valence-corrected chi connectivity index (χ0v) is 11.8. The van der Waals surface area contributed by atoms with Crippen molar-refractivity contribution in [3.8, 4) is 0 Å². The molecule has 0 aliphatic heterocycles. The lowest BCUT2D eigenvalue weighted by Gasteiger charge is -2.22. The molecule has 102 valence electrons. The van der Waals surface area contributed by atoms with Crippen LogP contribution in [0, 0.1) is 0 Å². The van der Waals surface area contributed by atoms with Crippen molar-refractivity contribution in [3.05, 3.63) is 30.3 Å². The van der Waals surface area contributed by atoms with Crippen molar-refractivity contribution in [2.45, 2.75) is 32.6 Å². The third kappa shape index (κ3) is 5.52. The first kappa shape index (κ1) is 16.9. The first-order chi connectivity index (χ1) is 8.29. The molecule has 0 aromatic heterocycles. The van der Waals surface area contributed by atoms with E-state index in [1.807, 2.05) is 35.2 Å². The van der Waals surface area contributed by atoms with E-state index < -0.39 is 0 Å². The number of carbonyl (C=O) groups is 1. The minimum absolute atomic E-state index is 0. The topological polar surface area (TPSA) is 46.3 Å². The molecule has 0 atom stereocenters. The SMILES string of the molecule is CCCCN(C(=O)CCCN)c1ccccc1.Cl. The summed E-state index contributed by atoms with van der Waals surface area (Å²) in [7, 11) is 0. The summed E-state index contributed by atoms with van der Waals surface area (Å²) in [5.74, 6) is 0.176. The Kier molecular flexibility index (Phi) is 9.33. The molecule has 18 heavy (non-hydrogen) atoms. The molecule has 0 bridgehead atoms. The van der Waals surface area contributed by atoms with Crippen LogP contribution in [0.25, 0.3) is 0 Å². The lowest BCUT2D eigenvalue weighted by Crippen LogP contribution is -2.32. The molecule has 0 spiro atoms. The van der Waals surface area contributed by atoms with Gasteiger partial charge in [-0.3, -0.25) is 4.79 Å². The fourth-order valence-corrected chi connectivity index (χ4v) is 1.71. The van der Waals surface area contributed by atoms with Crippen LogP contribution in [0.1, 0.15) is 32.6 Å². The van der Waals surface area contributed by atoms with E-state index in [9.17, 15) is 4.79 Å². The Morgan fingerprint density at radius 2 is 1.89 bits per heavy atom. The molecule has 0 aliphatic carbocycles. The van der Waals surface area contributed by atoms with Gasteiger partial charge in [0.1, 0.15) is 0 Å². The van der Waals surface area contributed by atoms with Gasteiger partial charge in [0.15, 0.2) is 0 Å². The van der Waals surface area contributed by atoms with Crippen LogP contribution in [0.2, 0.25) is 0 Å². The zero-order valence-electron chi connectivity index (χ0n) is 11.0. The van der Waals surface area contributed by atoms with Crippen LogP contribution in [0.3, 0.4) is 0 Å². The number of anilines is 1. The molecular formula is C14H23ClN2O. The molecule has 0 unspecified atom stereocenters. The summed E-state index contributed by atoms with van der Waals surface area (Å²) in [4.78, 5) is 14.0. The Labute approximate surface area is 116 Å². The van der Waals surface area contributed by atoms with Gasteiger partial charge < -0.3 is 10.6 Å². The van der Waals surface area contributed by atoms with Gasteiger partial charge in [-0.15, -0.1) is 12.4 Å². The van der Waals surface area contributed by atoms with E-state index in [-0.39, 0.29) is 18.3 Å². The number of benzene rings is 1. The van der Waals surface area contributed by atoms with E-state index in [4.69, 9.17) is 5.73 Å². The Balaban J connectivity index is 0.00000289. The van der Waals surface area contributed by atoms with E-state index in [1.54, 1.807) is 0 Å². The summed E-state index contributed by atoms with van der Waals surface area (Å²) in [5, 5.41) is 0. The van der Waals surface area contributed by atoms with Crippen LogP contribution < -0.4 is 10.6 Å². The van der Waals surface area contributed by atoms with Crippen LogP contribution in [-0.4, -0.2) is 19.0 Å². The molecule has 0 saturated heterocycles. The fraction of sp³-hybridized carbons (Fsp3) is 0.500. The molecule has 0 radical (unpaired) electrons. The molecule has 1 rings (SSSR count). The molecule has 0 aliphatic rings. The Morgan fingerprint density at radius 3 is 2.44 bits per heavy atom. The van der Waals surface area contributed by atoms with Crippen molar-refractivity contribution in [1.82, 2.24) is 0 Å². The van der Waals surface area contributed by atoms with Gasteiger partial charge in [0, 0.05) is 18.7 Å². The number of amides is 1. The number of hydrogen-bond donors (Lipinski definition) is 1. The van der Waals surface area contributed by atoms with Gasteiger partial charge in [0.05, 0.1) is 0 Å². The highest BCUT2D eigenvalue weighted by Crippen LogP contribution is 2.15. The highest BCUT2D eigenvalue weighted by Gasteiger charge is 2.13. The van der Waals surface area contributed by atoms with Gasteiger partial charge >= 0.3 is 0 Å². The van der Waals surface area contributed by atoms with Gasteiger partial charge in [-0.05, 0) is 31.5 Å². The average Bonchev–Trinajstić information content (AvgIpc) is 2.38. The Bertz CT molecular complexity index is 330. The Morgan fingerprint density at radius 1 is 1.22 bits per heavy atom. The van der Waals surface area contributed by atoms with Crippen LogP contribution >= 0.6 is 12.4 Å². The molecule has 3 nitrogen and oxygen atoms in total. The van der Waals surface area contributed by atoms with E-state index in [0.717, 1.165) is 31.5 Å². The van der Waals surface area contributed by atoms with Crippen molar-refractivity contribution in [2.24, 2.45) is 5.73 Å². The molecule has 0 heterocycles. The second kappa shape index (κ2) is 9.92. The highest BCUT2D eigenvalue weighted by atomic mass is 35.5. The van der Waals surface area contributed by atoms with Gasteiger partial charge in [-0.1, -0.05) is 31.5 Å². The van der Waals surface area contributed by atoms with Crippen molar-refractivity contribution >= 4 is 24.0 Å². The van der Waals surface area contributed by atoms with E-state index in [1.165, 1.54) is 0 Å². The molecule has 2 N–H and O–H groups in total. The van der Waals surface area contributed by atoms with Gasteiger partial charge in [0.2, 0.25) is 5.91 Å². The van der Waals surface area contributed by atoms with Gasteiger partial charge in [-0.25, -0.2) is 0 Å². The summed E-state index contributed by atoms with van der Waals surface area (Å²) in [5.41, 5.74) is 6.43. The van der Waals surface area contributed by atoms with Crippen molar-refractivity contribution in [3.63, 3.8) is 0 Å². The molecule has 1 amide bonds. The van der Waals surface area contributed by atoms with E-state index in [0.29, 0.717) is 13.0 Å². The number of nitrogens with zero attached hydrogens (tertiary/aromatic N) is 1. The van der Waals surface area contributed by atoms with Gasteiger partial charge in [-0.2, -0.15) is 0 Å². The van der Waals surface area contributed by atoms with Gasteiger partial charge in [0.25, 0.3) is 0 Å². The summed E-state index contributed by atoms with van der Waals surface area (Å²) in [6.45, 7) is 3.50. The highest BCUT2D eigenvalue weighted by molar-refractivity contribution is 5.93. The standard InChI is InChI=1S/C14H22N2O.ClH/c1-2-3-12-16(14(17)10-7-11-15)13-8-5-4-6-9-13;/h4-6,8-9H,2-3,7,10-12,15H2,1H3;1H. The largest absolute Gasteiger partial charge is 0.330 e. The van der Waals surface area contributed by atoms with E-state index >= 15 is 0 Å². The number of halogens is 1. The number of nitrogens with two attached hydrogens (primary N) is 1. The Hall–Kier alpha value is -1.06. The third-order valence-electron chi connectivity index (χ3n) is 2.70. The maximum absolute atomic E-state index is 12.1. The molecule has 0 fully saturated rings. The lowest BCUT2D eigenvalue weighted by molar-refractivity contribution is -0.118. The lowest BCUT2D eigenvalue weighted by atomic mass is 10.2. The minimum atomic E-state index is 0. The maximum atomic E-state index is 12.1. The average molecular weight is 271 g/mol. The number of para-hydroxylation sites is 1. The van der Waals surface area contributed by atoms with Crippen molar-refractivity contribution < 1.29 is 4.79 Å². The number of carbonyl (C=O) groups excluding carboxylic acids is 1. The minimum Gasteiger partial charge on any atom is -0.330 e. The van der Waals surface area contributed by atoms with Crippen LogP contribution in [-0.2, 0) is 4.79 Å². The van der Waals surface area contributed by atoms with Crippen LogP contribution in [0.5, 0.6) is 0 Å². The molecule has 1 aromatic rings. The predicted octanol–water partition coefficient (Wildman–Crippen LogP) is 2.98. The smallest absolute Gasteiger partial charge is 0.227 e. The summed E-state index contributed by atoms with van der Waals surface area (Å²) >= 11 is 0. The first-order valence-electron chi connectivity index (χ1n) is 6.35. The van der Waals surface area contributed by atoms with Crippen molar-refractivity contribution in [1.29, 1.82) is 0 Å². The monoisotopic (exact) mass is 270 g/mol. The normalized spacial score (nSPS) is 9.67. The van der Waals surface area contributed by atoms with Crippen LogP contribution in [0.15, 0.2) is 30.3 Å². The molecule has 0 saturated carbocycles. The summed E-state index contributed by atoms with van der Waals surface area (Å²) < 4.78 is 0. The predicted molar refractivity (Wildman–Crippen MR) is 79.2 cm³/mol. The maximum Gasteiger partial charge on any atom is 0.227 e. The number of rotatable bonds is 7. The second-order valence-electron chi connectivity index (χ2n) is 4.13. The van der Waals surface area contributed by atoms with Crippen molar-refractivity contribution in [2.75, 3.05) is 18.0 Å². The molecule has 4 heteroatoms. The summed E-state index contributed by atoms with van der Waals surface area (Å²) in [6, 6.07) is 9.85. The van der Waals surface area contributed by atoms with Crippen LogP contribution in [0.4, 0.5) is 5.69 Å². The third-order valence-corrected chi connectivity index (χ3v) is 2.70. The quantitative estimate of drug-likeness (QED) is 0.828. The molecular weight excluding hydrogens is 248 g/mol. The van der Waals surface area contributed by atoms with E-state index in [2.05, 4.69) is 6.92 Å². The first-order valence-corrected chi connectivity index (χ1v) is 6.35. The molecule has 1 aromatic carbocycles. The second-order valence-corrected chi connectivity index (χ2v) is 4.13. The summed E-state index contributed by atoms with van der Waals surface area (Å²) in [6.07, 6.45) is 3.42. The fourth-order valence-electron chi connectivity index (χ4n) is 1.71. The zero-order chi connectivity index (χ0) is 12.5. The number of unbranched alkanes of at least 4 members (excludes halogenated alkanes) is 1. The number of hydrogen-bond acceptors (Lipinski definition) is 2.